The topological polar surface area (TPSA) is 75.7 Å². The summed E-state index contributed by atoms with van der Waals surface area (Å²) >= 11 is 9.92. The van der Waals surface area contributed by atoms with Gasteiger partial charge in [0.15, 0.2) is 0 Å². The first-order valence-electron chi connectivity index (χ1n) is 9.36. The number of carbonyl (C=O) groups excluding carboxylic acids is 3. The van der Waals surface area contributed by atoms with Crippen LogP contribution in [0.2, 0.25) is 0 Å². The van der Waals surface area contributed by atoms with Crippen molar-refractivity contribution in [3.8, 4) is 0 Å². The predicted molar refractivity (Wildman–Crippen MR) is 130 cm³/mol. The second-order valence-corrected chi connectivity index (χ2v) is 9.20. The summed E-state index contributed by atoms with van der Waals surface area (Å²) in [5, 5.41) is 2.83. The van der Waals surface area contributed by atoms with Crippen LogP contribution in [0.5, 0.6) is 0 Å². The second kappa shape index (κ2) is 10.7. The fraction of sp³-hybridized carbons (Fsp3) is 0.182. The zero-order valence-corrected chi connectivity index (χ0v) is 19.8. The molecule has 9 heteroatoms. The molecule has 1 fully saturated rings. The van der Waals surface area contributed by atoms with Crippen LogP contribution in [-0.2, 0) is 14.3 Å². The van der Waals surface area contributed by atoms with Crippen molar-refractivity contribution in [1.29, 1.82) is 0 Å². The van der Waals surface area contributed by atoms with Crippen molar-refractivity contribution in [3.63, 3.8) is 0 Å². The van der Waals surface area contributed by atoms with Gasteiger partial charge in [0.05, 0.1) is 17.6 Å². The van der Waals surface area contributed by atoms with Crippen LogP contribution in [0.25, 0.3) is 6.08 Å². The van der Waals surface area contributed by atoms with E-state index in [1.165, 1.54) is 23.8 Å². The number of nitrogens with zero attached hydrogens (tertiary/aromatic N) is 1. The molecule has 1 aliphatic rings. The SMILES string of the molecule is COC(=O)c1ccc(C=C2SC(=S)N(CCCC(=O)Nc3ccc(Br)cc3)C2=O)cc1. The first kappa shape index (κ1) is 23.2. The summed E-state index contributed by atoms with van der Waals surface area (Å²) < 4.78 is 6.09. The Balaban J connectivity index is 1.53. The average Bonchev–Trinajstić information content (AvgIpc) is 3.02. The third kappa shape index (κ3) is 6.25. The fourth-order valence-corrected chi connectivity index (χ4v) is 4.40. The van der Waals surface area contributed by atoms with Gasteiger partial charge in [0.1, 0.15) is 4.32 Å². The number of hydrogen-bond acceptors (Lipinski definition) is 6. The zero-order chi connectivity index (χ0) is 22.4. The molecule has 2 amide bonds. The van der Waals surface area contributed by atoms with Gasteiger partial charge in [0.2, 0.25) is 5.91 Å². The highest BCUT2D eigenvalue weighted by Crippen LogP contribution is 2.32. The Morgan fingerprint density at radius 3 is 2.48 bits per heavy atom. The number of anilines is 1. The molecule has 0 spiro atoms. The molecule has 0 unspecified atom stereocenters. The van der Waals surface area contributed by atoms with Crippen LogP contribution in [0.15, 0.2) is 57.9 Å². The number of ether oxygens (including phenoxy) is 1. The van der Waals surface area contributed by atoms with Crippen molar-refractivity contribution >= 4 is 73.8 Å². The Hall–Kier alpha value is -2.49. The minimum atomic E-state index is -0.415. The van der Waals surface area contributed by atoms with Gasteiger partial charge in [-0.2, -0.15) is 0 Å². The molecule has 0 atom stereocenters. The molecule has 0 aliphatic carbocycles. The van der Waals surface area contributed by atoms with Crippen molar-refractivity contribution in [2.24, 2.45) is 0 Å². The highest BCUT2D eigenvalue weighted by Gasteiger charge is 2.31. The monoisotopic (exact) mass is 518 g/mol. The van der Waals surface area contributed by atoms with E-state index in [0.29, 0.717) is 27.8 Å². The Kier molecular flexibility index (Phi) is 8.00. The number of rotatable bonds is 7. The van der Waals surface area contributed by atoms with E-state index in [4.69, 9.17) is 12.2 Å². The summed E-state index contributed by atoms with van der Waals surface area (Å²) in [4.78, 5) is 38.4. The Morgan fingerprint density at radius 1 is 1.16 bits per heavy atom. The van der Waals surface area contributed by atoms with Crippen molar-refractivity contribution in [2.45, 2.75) is 12.8 Å². The third-order valence-corrected chi connectivity index (χ3v) is 6.32. The quantitative estimate of drug-likeness (QED) is 0.320. The summed E-state index contributed by atoms with van der Waals surface area (Å²) in [6, 6.07) is 14.1. The standard InChI is InChI=1S/C22H19BrN2O4S2/c1-29-21(28)15-6-4-14(5-7-15)13-18-20(27)25(22(30)31-18)12-2-3-19(26)24-17-10-8-16(23)9-11-17/h4-11,13H,2-3,12H2,1H3,(H,24,26). The molecular weight excluding hydrogens is 500 g/mol. The predicted octanol–water partition coefficient (Wildman–Crippen LogP) is 4.86. The van der Waals surface area contributed by atoms with Crippen LogP contribution < -0.4 is 5.32 Å². The molecule has 160 valence electrons. The minimum absolute atomic E-state index is 0.117. The van der Waals surface area contributed by atoms with Crippen molar-refractivity contribution < 1.29 is 19.1 Å². The number of amides is 2. The Morgan fingerprint density at radius 2 is 1.84 bits per heavy atom. The highest BCUT2D eigenvalue weighted by atomic mass is 79.9. The summed E-state index contributed by atoms with van der Waals surface area (Å²) in [5.41, 5.74) is 1.94. The lowest BCUT2D eigenvalue weighted by molar-refractivity contribution is -0.122. The number of methoxy groups -OCH3 is 1. The van der Waals surface area contributed by atoms with E-state index >= 15 is 0 Å². The van der Waals surface area contributed by atoms with E-state index < -0.39 is 5.97 Å². The second-order valence-electron chi connectivity index (χ2n) is 6.61. The maximum absolute atomic E-state index is 12.7. The van der Waals surface area contributed by atoms with Crippen LogP contribution in [0.3, 0.4) is 0 Å². The number of nitrogens with one attached hydrogen (secondary N) is 1. The van der Waals surface area contributed by atoms with Gasteiger partial charge >= 0.3 is 5.97 Å². The van der Waals surface area contributed by atoms with Crippen molar-refractivity contribution in [3.05, 3.63) is 69.0 Å². The fourth-order valence-electron chi connectivity index (χ4n) is 2.83. The minimum Gasteiger partial charge on any atom is -0.465 e. The number of thioether (sulfide) groups is 1. The third-order valence-electron chi connectivity index (χ3n) is 4.42. The van der Waals surface area contributed by atoms with Gasteiger partial charge in [0, 0.05) is 23.1 Å². The number of halogens is 1. The summed E-state index contributed by atoms with van der Waals surface area (Å²) in [6.07, 6.45) is 2.51. The molecule has 6 nitrogen and oxygen atoms in total. The Bertz CT molecular complexity index is 1040. The molecule has 0 radical (unpaired) electrons. The summed E-state index contributed by atoms with van der Waals surface area (Å²) in [7, 11) is 1.33. The van der Waals surface area contributed by atoms with Crippen LogP contribution in [-0.4, -0.2) is 40.7 Å². The first-order chi connectivity index (χ1) is 14.9. The molecule has 2 aromatic rings. The van der Waals surface area contributed by atoms with Gasteiger partial charge in [0.25, 0.3) is 5.91 Å². The molecule has 2 aromatic carbocycles. The van der Waals surface area contributed by atoms with E-state index in [-0.39, 0.29) is 18.2 Å². The first-order valence-corrected chi connectivity index (χ1v) is 11.4. The molecule has 1 aliphatic heterocycles. The molecule has 0 saturated carbocycles. The van der Waals surface area contributed by atoms with E-state index in [2.05, 4.69) is 26.0 Å². The molecule has 1 saturated heterocycles. The average molecular weight is 519 g/mol. The van der Waals surface area contributed by atoms with Crippen LogP contribution in [0, 0.1) is 0 Å². The van der Waals surface area contributed by atoms with Gasteiger partial charge in [-0.25, -0.2) is 4.79 Å². The Labute approximate surface area is 198 Å². The van der Waals surface area contributed by atoms with E-state index in [1.54, 1.807) is 30.3 Å². The number of carbonyl (C=O) groups is 3. The maximum Gasteiger partial charge on any atom is 0.337 e. The molecule has 1 heterocycles. The van der Waals surface area contributed by atoms with E-state index in [1.807, 2.05) is 24.3 Å². The molecule has 31 heavy (non-hydrogen) atoms. The number of thiocarbonyl (C=S) groups is 1. The lowest BCUT2D eigenvalue weighted by Crippen LogP contribution is -2.29. The van der Waals surface area contributed by atoms with Crippen LogP contribution in [0.1, 0.15) is 28.8 Å². The lowest BCUT2D eigenvalue weighted by atomic mass is 10.1. The number of hydrogen-bond donors (Lipinski definition) is 1. The summed E-state index contributed by atoms with van der Waals surface area (Å²) in [6.45, 7) is 0.372. The normalized spacial score (nSPS) is 14.8. The summed E-state index contributed by atoms with van der Waals surface area (Å²) in [5.74, 6) is -0.712. The van der Waals surface area contributed by atoms with Crippen molar-refractivity contribution in [1.82, 2.24) is 4.90 Å². The van der Waals surface area contributed by atoms with E-state index in [0.717, 1.165) is 15.7 Å². The zero-order valence-electron chi connectivity index (χ0n) is 16.6. The molecule has 3 rings (SSSR count). The maximum atomic E-state index is 12.7. The number of benzene rings is 2. The van der Waals surface area contributed by atoms with E-state index in [9.17, 15) is 14.4 Å². The van der Waals surface area contributed by atoms with Gasteiger partial charge in [-0.1, -0.05) is 52.0 Å². The lowest BCUT2D eigenvalue weighted by Gasteiger charge is -2.14. The van der Waals surface area contributed by atoms with Gasteiger partial charge < -0.3 is 10.1 Å². The molecule has 1 N–H and O–H groups in total. The molecular formula is C22H19BrN2O4S2. The van der Waals surface area contributed by atoms with Gasteiger partial charge in [-0.15, -0.1) is 0 Å². The van der Waals surface area contributed by atoms with Crippen LogP contribution in [0.4, 0.5) is 5.69 Å². The smallest absolute Gasteiger partial charge is 0.337 e. The van der Waals surface area contributed by atoms with Crippen LogP contribution >= 0.6 is 39.9 Å². The van der Waals surface area contributed by atoms with Gasteiger partial charge in [-0.05, 0) is 54.5 Å². The highest BCUT2D eigenvalue weighted by molar-refractivity contribution is 9.10. The largest absolute Gasteiger partial charge is 0.465 e. The molecule has 0 bridgehead atoms. The van der Waals surface area contributed by atoms with Crippen molar-refractivity contribution in [2.75, 3.05) is 19.0 Å². The number of esters is 1. The van der Waals surface area contributed by atoms with Gasteiger partial charge in [-0.3, -0.25) is 14.5 Å². The molecule has 0 aromatic heterocycles.